The zero-order valence-corrected chi connectivity index (χ0v) is 9.97. The summed E-state index contributed by atoms with van der Waals surface area (Å²) in [5.74, 6) is 1.89. The second-order valence-corrected chi connectivity index (χ2v) is 4.80. The molecule has 0 amide bonds. The first-order chi connectivity index (χ1) is 8.43. The minimum absolute atomic E-state index is 0.805. The highest BCUT2D eigenvalue weighted by Crippen LogP contribution is 2.16. The molecule has 1 fully saturated rings. The van der Waals surface area contributed by atoms with E-state index in [4.69, 9.17) is 0 Å². The average Bonchev–Trinajstić information content (AvgIpc) is 2.81. The van der Waals surface area contributed by atoms with Crippen LogP contribution >= 0.6 is 0 Å². The number of aryl methyl sites for hydroxylation is 1. The van der Waals surface area contributed by atoms with Crippen molar-refractivity contribution in [3.05, 3.63) is 30.2 Å². The van der Waals surface area contributed by atoms with Crippen LogP contribution < -0.4 is 5.32 Å². The van der Waals surface area contributed by atoms with Crippen molar-refractivity contribution in [3.63, 3.8) is 0 Å². The molecule has 90 valence electrons. The van der Waals surface area contributed by atoms with Crippen LogP contribution in [0.5, 0.6) is 0 Å². The summed E-state index contributed by atoms with van der Waals surface area (Å²) < 4.78 is 2.09. The second kappa shape index (κ2) is 4.84. The lowest BCUT2D eigenvalue weighted by atomic mass is 9.94. The molecule has 4 heteroatoms. The van der Waals surface area contributed by atoms with Gasteiger partial charge in [0.1, 0.15) is 5.82 Å². The minimum Gasteiger partial charge on any atom is -0.316 e. The highest BCUT2D eigenvalue weighted by atomic mass is 15.2. The molecule has 0 spiro atoms. The molecule has 0 aromatic carbocycles. The zero-order chi connectivity index (χ0) is 11.5. The zero-order valence-electron chi connectivity index (χ0n) is 9.97. The maximum Gasteiger partial charge on any atom is 0.160 e. The molecule has 1 aliphatic heterocycles. The van der Waals surface area contributed by atoms with Gasteiger partial charge < -0.3 is 5.32 Å². The Morgan fingerprint density at radius 3 is 3.24 bits per heavy atom. The Morgan fingerprint density at radius 1 is 1.35 bits per heavy atom. The van der Waals surface area contributed by atoms with Crippen molar-refractivity contribution in [1.82, 2.24) is 19.9 Å². The highest BCUT2D eigenvalue weighted by Gasteiger charge is 2.14. The maximum atomic E-state index is 4.27. The van der Waals surface area contributed by atoms with Gasteiger partial charge in [-0.1, -0.05) is 6.07 Å². The largest absolute Gasteiger partial charge is 0.316 e. The van der Waals surface area contributed by atoms with Gasteiger partial charge in [0.2, 0.25) is 0 Å². The summed E-state index contributed by atoms with van der Waals surface area (Å²) >= 11 is 0. The molecule has 0 saturated carbocycles. The predicted octanol–water partition coefficient (Wildman–Crippen LogP) is 1.66. The smallest absolute Gasteiger partial charge is 0.160 e. The van der Waals surface area contributed by atoms with E-state index >= 15 is 0 Å². The molecule has 2 aromatic rings. The molecule has 17 heavy (non-hydrogen) atoms. The third-order valence-corrected chi connectivity index (χ3v) is 3.56. The van der Waals surface area contributed by atoms with Gasteiger partial charge in [-0.15, -0.1) is 10.2 Å². The van der Waals surface area contributed by atoms with E-state index in [1.165, 1.54) is 25.8 Å². The van der Waals surface area contributed by atoms with Crippen molar-refractivity contribution in [3.8, 4) is 0 Å². The molecule has 1 saturated heterocycles. The standard InChI is InChI=1S/C13H18N4/c1-2-9-17-12(5-1)15-16-13(17)7-6-11-4-3-8-14-10-11/h1-2,5,9,11,14H,3-4,6-8,10H2. The number of aromatic nitrogens is 3. The van der Waals surface area contributed by atoms with Crippen LogP contribution in [0.15, 0.2) is 24.4 Å². The summed E-state index contributed by atoms with van der Waals surface area (Å²) in [7, 11) is 0. The Bertz CT molecular complexity index is 485. The Labute approximate surface area is 101 Å². The molecule has 1 aliphatic rings. The van der Waals surface area contributed by atoms with E-state index in [0.29, 0.717) is 0 Å². The highest BCUT2D eigenvalue weighted by molar-refractivity contribution is 5.36. The molecular weight excluding hydrogens is 212 g/mol. The molecule has 0 radical (unpaired) electrons. The van der Waals surface area contributed by atoms with Gasteiger partial charge in [0, 0.05) is 12.6 Å². The molecule has 1 atom stereocenters. The molecule has 0 aliphatic carbocycles. The number of rotatable bonds is 3. The SMILES string of the molecule is c1ccn2c(CCC3CCCNC3)nnc2c1. The molecule has 2 aromatic heterocycles. The van der Waals surface area contributed by atoms with Gasteiger partial charge in [-0.2, -0.15) is 0 Å². The summed E-state index contributed by atoms with van der Waals surface area (Å²) in [6.07, 6.45) is 6.94. The van der Waals surface area contributed by atoms with Gasteiger partial charge in [-0.05, 0) is 50.4 Å². The first kappa shape index (κ1) is 10.7. The fraction of sp³-hybridized carbons (Fsp3) is 0.538. The monoisotopic (exact) mass is 230 g/mol. The van der Waals surface area contributed by atoms with Gasteiger partial charge in [0.25, 0.3) is 0 Å². The van der Waals surface area contributed by atoms with E-state index in [1.807, 2.05) is 24.4 Å². The molecule has 4 nitrogen and oxygen atoms in total. The third kappa shape index (κ3) is 2.31. The van der Waals surface area contributed by atoms with E-state index in [9.17, 15) is 0 Å². The van der Waals surface area contributed by atoms with Crippen molar-refractivity contribution < 1.29 is 0 Å². The Morgan fingerprint density at radius 2 is 2.35 bits per heavy atom. The number of nitrogens with zero attached hydrogens (tertiary/aromatic N) is 3. The summed E-state index contributed by atoms with van der Waals surface area (Å²) in [4.78, 5) is 0. The van der Waals surface area contributed by atoms with E-state index in [1.54, 1.807) is 0 Å². The van der Waals surface area contributed by atoms with E-state index < -0.39 is 0 Å². The Kier molecular flexibility index (Phi) is 3.05. The number of hydrogen-bond donors (Lipinski definition) is 1. The first-order valence-electron chi connectivity index (χ1n) is 6.43. The molecule has 1 unspecified atom stereocenters. The molecule has 3 heterocycles. The van der Waals surface area contributed by atoms with Gasteiger partial charge in [-0.3, -0.25) is 4.40 Å². The van der Waals surface area contributed by atoms with E-state index in [0.717, 1.165) is 30.4 Å². The fourth-order valence-electron chi connectivity index (χ4n) is 2.57. The summed E-state index contributed by atoms with van der Waals surface area (Å²) in [5, 5.41) is 11.9. The quantitative estimate of drug-likeness (QED) is 0.872. The van der Waals surface area contributed by atoms with Crippen molar-refractivity contribution >= 4 is 5.65 Å². The van der Waals surface area contributed by atoms with Crippen molar-refractivity contribution in [1.29, 1.82) is 0 Å². The topological polar surface area (TPSA) is 42.2 Å². The average molecular weight is 230 g/mol. The number of piperidine rings is 1. The Hall–Kier alpha value is -1.42. The Balaban J connectivity index is 1.68. The predicted molar refractivity (Wildman–Crippen MR) is 66.9 cm³/mol. The van der Waals surface area contributed by atoms with Crippen LogP contribution in [0.25, 0.3) is 5.65 Å². The van der Waals surface area contributed by atoms with Gasteiger partial charge in [-0.25, -0.2) is 0 Å². The van der Waals surface area contributed by atoms with Gasteiger partial charge >= 0.3 is 0 Å². The maximum absolute atomic E-state index is 4.27. The summed E-state index contributed by atoms with van der Waals surface area (Å²) in [5.41, 5.74) is 0.948. The van der Waals surface area contributed by atoms with Crippen LogP contribution in [0.2, 0.25) is 0 Å². The number of fused-ring (bicyclic) bond motifs is 1. The third-order valence-electron chi connectivity index (χ3n) is 3.56. The van der Waals surface area contributed by atoms with Crippen molar-refractivity contribution in [2.45, 2.75) is 25.7 Å². The van der Waals surface area contributed by atoms with E-state index in [-0.39, 0.29) is 0 Å². The van der Waals surface area contributed by atoms with Crippen molar-refractivity contribution in [2.75, 3.05) is 13.1 Å². The van der Waals surface area contributed by atoms with Crippen LogP contribution in [0.4, 0.5) is 0 Å². The lowest BCUT2D eigenvalue weighted by Crippen LogP contribution is -2.30. The van der Waals surface area contributed by atoms with Crippen LogP contribution in [0.1, 0.15) is 25.1 Å². The normalized spacial score (nSPS) is 20.8. The lowest BCUT2D eigenvalue weighted by molar-refractivity contribution is 0.356. The minimum atomic E-state index is 0.805. The van der Waals surface area contributed by atoms with Gasteiger partial charge in [0.15, 0.2) is 5.65 Å². The fourth-order valence-corrected chi connectivity index (χ4v) is 2.57. The lowest BCUT2D eigenvalue weighted by Gasteiger charge is -2.22. The first-order valence-corrected chi connectivity index (χ1v) is 6.43. The van der Waals surface area contributed by atoms with Crippen LogP contribution in [0.3, 0.4) is 0 Å². The molecular formula is C13H18N4. The van der Waals surface area contributed by atoms with Crippen molar-refractivity contribution in [2.24, 2.45) is 5.92 Å². The van der Waals surface area contributed by atoms with Crippen LogP contribution in [-0.4, -0.2) is 27.7 Å². The number of pyridine rings is 1. The molecule has 1 N–H and O–H groups in total. The number of hydrogen-bond acceptors (Lipinski definition) is 3. The molecule has 0 bridgehead atoms. The number of nitrogens with one attached hydrogen (secondary N) is 1. The van der Waals surface area contributed by atoms with Gasteiger partial charge in [0.05, 0.1) is 0 Å². The second-order valence-electron chi connectivity index (χ2n) is 4.80. The van der Waals surface area contributed by atoms with Crippen LogP contribution in [-0.2, 0) is 6.42 Å². The van der Waals surface area contributed by atoms with Crippen LogP contribution in [0, 0.1) is 5.92 Å². The summed E-state index contributed by atoms with van der Waals surface area (Å²) in [6.45, 7) is 2.35. The van der Waals surface area contributed by atoms with E-state index in [2.05, 4.69) is 19.9 Å². The summed E-state index contributed by atoms with van der Waals surface area (Å²) in [6, 6.07) is 6.03. The molecule has 3 rings (SSSR count).